The molecule has 8 heteroatoms. The minimum Gasteiger partial charge on any atom is -0.381 e. The third-order valence-corrected chi connectivity index (χ3v) is 4.42. The molecule has 0 unspecified atom stereocenters. The van der Waals surface area contributed by atoms with Crippen molar-refractivity contribution in [2.75, 3.05) is 40.4 Å². The van der Waals surface area contributed by atoms with Crippen molar-refractivity contribution in [3.05, 3.63) is 48.0 Å². The number of amides is 1. The van der Waals surface area contributed by atoms with Crippen molar-refractivity contribution in [1.82, 2.24) is 15.5 Å². The number of nitrogens with zero attached hydrogens (tertiary/aromatic N) is 2. The molecule has 29 heavy (non-hydrogen) atoms. The van der Waals surface area contributed by atoms with E-state index in [1.807, 2.05) is 0 Å². The minimum absolute atomic E-state index is 0. The van der Waals surface area contributed by atoms with E-state index in [1.54, 1.807) is 25.1 Å². The van der Waals surface area contributed by atoms with Crippen LogP contribution in [0.25, 0.3) is 0 Å². The van der Waals surface area contributed by atoms with Gasteiger partial charge in [0.2, 0.25) is 5.91 Å². The molecule has 2 rings (SSSR count). The summed E-state index contributed by atoms with van der Waals surface area (Å²) in [6.45, 7) is 7.18. The van der Waals surface area contributed by atoms with Gasteiger partial charge in [-0.25, -0.2) is 4.99 Å². The van der Waals surface area contributed by atoms with Crippen LogP contribution in [0.4, 0.5) is 0 Å². The Hall–Kier alpha value is -1.65. The average molecular weight is 516 g/mol. The van der Waals surface area contributed by atoms with E-state index < -0.39 is 0 Å². The lowest BCUT2D eigenvalue weighted by molar-refractivity contribution is -0.127. The van der Waals surface area contributed by atoms with Crippen LogP contribution in [-0.4, -0.2) is 63.3 Å². The molecule has 162 valence electrons. The number of nitrogens with one attached hydrogen (secondary N) is 2. The second-order valence-corrected chi connectivity index (χ2v) is 6.92. The van der Waals surface area contributed by atoms with Crippen molar-refractivity contribution in [1.29, 1.82) is 0 Å². The first-order chi connectivity index (χ1) is 13.6. The topological polar surface area (TPSA) is 75.2 Å². The van der Waals surface area contributed by atoms with Crippen LogP contribution in [0.15, 0.2) is 41.9 Å². The number of benzene rings is 1. The first kappa shape index (κ1) is 25.4. The Morgan fingerprint density at radius 2 is 1.90 bits per heavy atom. The second kappa shape index (κ2) is 14.4. The molecule has 1 saturated heterocycles. The van der Waals surface area contributed by atoms with Crippen LogP contribution in [0.3, 0.4) is 0 Å². The largest absolute Gasteiger partial charge is 0.381 e. The van der Waals surface area contributed by atoms with Crippen LogP contribution < -0.4 is 10.6 Å². The van der Waals surface area contributed by atoms with E-state index in [0.717, 1.165) is 37.2 Å². The first-order valence-corrected chi connectivity index (χ1v) is 9.69. The van der Waals surface area contributed by atoms with Crippen LogP contribution in [-0.2, 0) is 27.4 Å². The fraction of sp³-hybridized carbons (Fsp3) is 0.524. The molecule has 0 aromatic heterocycles. The Labute approximate surface area is 190 Å². The Bertz CT molecular complexity index is 644. The summed E-state index contributed by atoms with van der Waals surface area (Å²) in [5.41, 5.74) is 2.24. The molecule has 7 nitrogen and oxygen atoms in total. The number of rotatable bonds is 9. The number of aliphatic imine (C=N–C) groups is 1. The summed E-state index contributed by atoms with van der Waals surface area (Å²) in [5, 5.41) is 6.17. The lowest BCUT2D eigenvalue weighted by atomic mass is 10.1. The molecule has 1 aliphatic heterocycles. The van der Waals surface area contributed by atoms with Crippen LogP contribution >= 0.6 is 24.0 Å². The molecular formula is C21H33IN4O3. The van der Waals surface area contributed by atoms with Gasteiger partial charge in [-0.2, -0.15) is 0 Å². The van der Waals surface area contributed by atoms with Gasteiger partial charge in [0.1, 0.15) is 0 Å². The Balaban J connectivity index is 0.00000420. The van der Waals surface area contributed by atoms with Gasteiger partial charge in [-0.15, -0.1) is 30.6 Å². The summed E-state index contributed by atoms with van der Waals surface area (Å²) < 4.78 is 11.3. The van der Waals surface area contributed by atoms with Crippen LogP contribution in [0.1, 0.15) is 24.0 Å². The number of carbonyl (C=O) groups excluding carboxylic acids is 1. The standard InChI is InChI=1S/C21H32N4O3.HI/c1-4-11-22-21(24-15-20(26)25(2)3)23-14-17-5-7-18(8-6-17)16-28-19-9-12-27-13-10-19;/h4-8,19H,1,9-16H2,2-3H3,(H2,22,23,24);1H. The van der Waals surface area contributed by atoms with E-state index >= 15 is 0 Å². The Morgan fingerprint density at radius 3 is 2.52 bits per heavy atom. The zero-order chi connectivity index (χ0) is 20.2. The quantitative estimate of drug-likeness (QED) is 0.228. The van der Waals surface area contributed by atoms with E-state index in [-0.39, 0.29) is 36.4 Å². The number of carbonyl (C=O) groups is 1. The number of hydrogen-bond donors (Lipinski definition) is 2. The van der Waals surface area contributed by atoms with Gasteiger partial charge in [0, 0.05) is 33.9 Å². The molecule has 1 amide bonds. The van der Waals surface area contributed by atoms with Crippen molar-refractivity contribution in [2.45, 2.75) is 32.1 Å². The minimum atomic E-state index is -0.0121. The molecule has 0 spiro atoms. The summed E-state index contributed by atoms with van der Waals surface area (Å²) in [5.74, 6) is 0.573. The van der Waals surface area contributed by atoms with E-state index in [0.29, 0.717) is 31.8 Å². The van der Waals surface area contributed by atoms with Gasteiger partial charge >= 0.3 is 0 Å². The van der Waals surface area contributed by atoms with Crippen LogP contribution in [0.5, 0.6) is 0 Å². The highest BCUT2D eigenvalue weighted by molar-refractivity contribution is 14.0. The van der Waals surface area contributed by atoms with Gasteiger partial charge < -0.3 is 25.0 Å². The van der Waals surface area contributed by atoms with Gasteiger partial charge in [0.15, 0.2) is 5.96 Å². The molecule has 1 heterocycles. The smallest absolute Gasteiger partial charge is 0.241 e. The van der Waals surface area contributed by atoms with Gasteiger partial charge in [-0.3, -0.25) is 4.79 Å². The Morgan fingerprint density at radius 1 is 1.24 bits per heavy atom. The van der Waals surface area contributed by atoms with Crippen molar-refractivity contribution in [3.63, 3.8) is 0 Å². The molecule has 1 aromatic carbocycles. The highest BCUT2D eigenvalue weighted by Crippen LogP contribution is 2.14. The van der Waals surface area contributed by atoms with Gasteiger partial charge in [0.05, 0.1) is 25.8 Å². The molecule has 1 fully saturated rings. The number of likely N-dealkylation sites (N-methyl/N-ethyl adjacent to an activating group) is 1. The summed E-state index contributed by atoms with van der Waals surface area (Å²) >= 11 is 0. The SMILES string of the molecule is C=CCNC(=NCc1ccc(COC2CCOCC2)cc1)NCC(=O)N(C)C.I. The lowest BCUT2D eigenvalue weighted by Gasteiger charge is -2.22. The highest BCUT2D eigenvalue weighted by atomic mass is 127. The zero-order valence-electron chi connectivity index (χ0n) is 17.4. The summed E-state index contributed by atoms with van der Waals surface area (Å²) in [6.07, 6.45) is 3.98. The summed E-state index contributed by atoms with van der Waals surface area (Å²) in [6, 6.07) is 8.26. The third-order valence-electron chi connectivity index (χ3n) is 4.42. The molecule has 2 N–H and O–H groups in total. The normalized spacial score (nSPS) is 14.6. The van der Waals surface area contributed by atoms with Gasteiger partial charge in [-0.1, -0.05) is 30.3 Å². The maximum absolute atomic E-state index is 11.8. The molecule has 0 bridgehead atoms. The predicted molar refractivity (Wildman–Crippen MR) is 127 cm³/mol. The molecule has 0 radical (unpaired) electrons. The van der Waals surface area contributed by atoms with Crippen molar-refractivity contribution in [3.8, 4) is 0 Å². The maximum atomic E-state index is 11.8. The van der Waals surface area contributed by atoms with E-state index in [2.05, 4.69) is 46.5 Å². The molecule has 1 aliphatic rings. The highest BCUT2D eigenvalue weighted by Gasteiger charge is 2.13. The molecule has 0 saturated carbocycles. The second-order valence-electron chi connectivity index (χ2n) is 6.92. The van der Waals surface area contributed by atoms with E-state index in [9.17, 15) is 4.79 Å². The first-order valence-electron chi connectivity index (χ1n) is 9.69. The zero-order valence-corrected chi connectivity index (χ0v) is 19.7. The fourth-order valence-corrected chi connectivity index (χ4v) is 2.63. The maximum Gasteiger partial charge on any atom is 0.241 e. The number of guanidine groups is 1. The molecule has 1 aromatic rings. The van der Waals surface area contributed by atoms with Crippen LogP contribution in [0.2, 0.25) is 0 Å². The average Bonchev–Trinajstić information content (AvgIpc) is 2.73. The molecular weight excluding hydrogens is 483 g/mol. The van der Waals surface area contributed by atoms with Gasteiger partial charge in [-0.05, 0) is 24.0 Å². The predicted octanol–water partition coefficient (Wildman–Crippen LogP) is 2.31. The van der Waals surface area contributed by atoms with Crippen molar-refractivity contribution < 1.29 is 14.3 Å². The third kappa shape index (κ3) is 10.1. The van der Waals surface area contributed by atoms with Gasteiger partial charge in [0.25, 0.3) is 0 Å². The van der Waals surface area contributed by atoms with Crippen molar-refractivity contribution in [2.24, 2.45) is 4.99 Å². The number of ether oxygens (including phenoxy) is 2. The lowest BCUT2D eigenvalue weighted by Crippen LogP contribution is -2.43. The molecule has 0 atom stereocenters. The molecule has 0 aliphatic carbocycles. The van der Waals surface area contributed by atoms with Crippen molar-refractivity contribution >= 4 is 35.8 Å². The summed E-state index contributed by atoms with van der Waals surface area (Å²) in [4.78, 5) is 17.8. The van der Waals surface area contributed by atoms with E-state index in [1.165, 1.54) is 0 Å². The fourth-order valence-electron chi connectivity index (χ4n) is 2.63. The van der Waals surface area contributed by atoms with Crippen LogP contribution in [0, 0.1) is 0 Å². The Kier molecular flexibility index (Phi) is 12.6. The number of halogens is 1. The van der Waals surface area contributed by atoms with E-state index in [4.69, 9.17) is 9.47 Å². The summed E-state index contributed by atoms with van der Waals surface area (Å²) in [7, 11) is 3.45. The number of hydrogen-bond acceptors (Lipinski definition) is 4. The monoisotopic (exact) mass is 516 g/mol.